The molecule has 0 radical (unpaired) electrons. The summed E-state index contributed by atoms with van der Waals surface area (Å²) in [5.41, 5.74) is 5.52. The summed E-state index contributed by atoms with van der Waals surface area (Å²) in [7, 11) is 0. The number of hydroxylamine groups is 1. The predicted molar refractivity (Wildman–Crippen MR) is 126 cm³/mol. The van der Waals surface area contributed by atoms with E-state index >= 15 is 0 Å². The quantitative estimate of drug-likeness (QED) is 0.376. The second-order valence-electron chi connectivity index (χ2n) is 7.30. The highest BCUT2D eigenvalue weighted by Gasteiger charge is 2.22. The van der Waals surface area contributed by atoms with Gasteiger partial charge in [-0.1, -0.05) is 46.9 Å². The number of hydrogen-bond donors (Lipinski definition) is 1. The normalized spacial score (nSPS) is 16.0. The van der Waals surface area contributed by atoms with Crippen molar-refractivity contribution in [3.63, 3.8) is 0 Å². The minimum Gasteiger partial charge on any atom is -0.455 e. The smallest absolute Gasteiger partial charge is 0.156 e. The monoisotopic (exact) mass is 486 g/mol. The van der Waals surface area contributed by atoms with Crippen molar-refractivity contribution in [3.05, 3.63) is 93.2 Å². The number of aromatic nitrogens is 2. The summed E-state index contributed by atoms with van der Waals surface area (Å²) >= 11 is 18.5. The van der Waals surface area contributed by atoms with E-state index in [1.807, 2.05) is 36.4 Å². The number of amidine groups is 1. The van der Waals surface area contributed by atoms with Gasteiger partial charge in [-0.15, -0.1) is 0 Å². The molecule has 3 heterocycles. The number of nitrogens with zero attached hydrogens (tertiary/aromatic N) is 3. The molecule has 5 rings (SSSR count). The maximum absolute atomic E-state index is 6.35. The van der Waals surface area contributed by atoms with Crippen molar-refractivity contribution in [3.8, 4) is 11.5 Å². The van der Waals surface area contributed by atoms with Gasteiger partial charge in [-0.3, -0.25) is 9.83 Å². The van der Waals surface area contributed by atoms with Gasteiger partial charge >= 0.3 is 0 Å². The number of ether oxygens (including phenoxy) is 1. The summed E-state index contributed by atoms with van der Waals surface area (Å²) in [6, 6.07) is 16.4. The third-order valence-corrected chi connectivity index (χ3v) is 5.83. The first-order chi connectivity index (χ1) is 15.5. The van der Waals surface area contributed by atoms with Gasteiger partial charge in [0, 0.05) is 21.3 Å². The third-order valence-electron chi connectivity index (χ3n) is 5.00. The minimum atomic E-state index is -0.134. The molecule has 9 heteroatoms. The third kappa shape index (κ3) is 4.54. The molecule has 6 nitrogen and oxygen atoms in total. The lowest BCUT2D eigenvalue weighted by atomic mass is 10.1. The average Bonchev–Trinajstić information content (AvgIpc) is 3.23. The minimum absolute atomic E-state index is 0.134. The van der Waals surface area contributed by atoms with Gasteiger partial charge < -0.3 is 4.74 Å². The molecule has 1 atom stereocenters. The van der Waals surface area contributed by atoms with Crippen LogP contribution in [0.25, 0.3) is 5.52 Å². The van der Waals surface area contributed by atoms with Crippen molar-refractivity contribution in [1.82, 2.24) is 15.1 Å². The van der Waals surface area contributed by atoms with Crippen LogP contribution in [0.15, 0.2) is 72.0 Å². The fourth-order valence-electron chi connectivity index (χ4n) is 3.49. The van der Waals surface area contributed by atoms with Crippen molar-refractivity contribution >= 4 is 46.2 Å². The number of pyridine rings is 1. The van der Waals surface area contributed by atoms with Gasteiger partial charge in [0.05, 0.1) is 29.9 Å². The van der Waals surface area contributed by atoms with Crippen LogP contribution in [0.5, 0.6) is 11.5 Å². The fourth-order valence-corrected chi connectivity index (χ4v) is 4.16. The van der Waals surface area contributed by atoms with Gasteiger partial charge in [0.15, 0.2) is 11.6 Å². The van der Waals surface area contributed by atoms with Gasteiger partial charge in [-0.2, -0.15) is 5.10 Å². The van der Waals surface area contributed by atoms with E-state index in [9.17, 15) is 0 Å². The Morgan fingerprint density at radius 2 is 1.94 bits per heavy atom. The standard InChI is InChI=1S/C23H17Cl3N4O2/c24-15-2-1-3-19(9-15)32-22-12-30-18(6-7-27-30)11-20(22)23-28-17(13-31-29-23)8-14-4-5-16(25)10-21(14)26/h1-7,9-12,17H,8,13H2,(H,28,29). The molecule has 0 aliphatic carbocycles. The van der Waals surface area contributed by atoms with E-state index < -0.39 is 0 Å². The Bertz CT molecular complexity index is 1320. The molecule has 0 bridgehead atoms. The van der Waals surface area contributed by atoms with Crippen molar-refractivity contribution in [2.45, 2.75) is 12.5 Å². The Morgan fingerprint density at radius 1 is 1.06 bits per heavy atom. The molecule has 2 aromatic carbocycles. The summed E-state index contributed by atoms with van der Waals surface area (Å²) in [6.07, 6.45) is 4.14. The maximum Gasteiger partial charge on any atom is 0.156 e. The van der Waals surface area contributed by atoms with Crippen LogP contribution in [0.4, 0.5) is 0 Å². The Morgan fingerprint density at radius 3 is 2.78 bits per heavy atom. The molecule has 2 aromatic heterocycles. The van der Waals surface area contributed by atoms with E-state index in [0.717, 1.165) is 16.6 Å². The molecule has 1 N–H and O–H groups in total. The van der Waals surface area contributed by atoms with Crippen LogP contribution in [0.2, 0.25) is 15.1 Å². The predicted octanol–water partition coefficient (Wildman–Crippen LogP) is 5.98. The molecule has 0 spiro atoms. The summed E-state index contributed by atoms with van der Waals surface area (Å²) in [5, 5.41) is 6.10. The lowest BCUT2D eigenvalue weighted by molar-refractivity contribution is 0.0623. The number of rotatable bonds is 5. The lowest BCUT2D eigenvalue weighted by Crippen LogP contribution is -2.36. The topological polar surface area (TPSA) is 60.2 Å². The fraction of sp³-hybridized carbons (Fsp3) is 0.130. The van der Waals surface area contributed by atoms with Crippen molar-refractivity contribution < 1.29 is 9.57 Å². The zero-order valence-electron chi connectivity index (χ0n) is 16.6. The van der Waals surface area contributed by atoms with Gasteiger partial charge in [0.25, 0.3) is 0 Å². The number of benzene rings is 2. The Kier molecular flexibility index (Phi) is 5.93. The molecule has 1 aliphatic rings. The average molecular weight is 488 g/mol. The molecular formula is C23H17Cl3N4O2. The van der Waals surface area contributed by atoms with E-state index in [0.29, 0.717) is 45.4 Å². The Hall–Kier alpha value is -2.77. The van der Waals surface area contributed by atoms with Gasteiger partial charge in [-0.25, -0.2) is 10.00 Å². The molecule has 4 aromatic rings. The zero-order chi connectivity index (χ0) is 22.1. The Labute approximate surface area is 199 Å². The van der Waals surface area contributed by atoms with E-state index in [1.165, 1.54) is 0 Å². The number of hydrogen-bond acceptors (Lipinski definition) is 5. The molecule has 0 amide bonds. The highest BCUT2D eigenvalue weighted by Crippen LogP contribution is 2.30. The first-order valence-corrected chi connectivity index (χ1v) is 11.0. The van der Waals surface area contributed by atoms with E-state index in [-0.39, 0.29) is 6.04 Å². The van der Waals surface area contributed by atoms with Gasteiger partial charge in [0.2, 0.25) is 0 Å². The molecule has 0 fully saturated rings. The molecule has 1 unspecified atom stereocenters. The summed E-state index contributed by atoms with van der Waals surface area (Å²) < 4.78 is 7.88. The Balaban J connectivity index is 1.50. The zero-order valence-corrected chi connectivity index (χ0v) is 18.9. The van der Waals surface area contributed by atoms with E-state index in [2.05, 4.69) is 10.6 Å². The van der Waals surface area contributed by atoms with Crippen LogP contribution < -0.4 is 10.2 Å². The van der Waals surface area contributed by atoms with Crippen molar-refractivity contribution in [2.24, 2.45) is 4.99 Å². The van der Waals surface area contributed by atoms with Crippen LogP contribution >= 0.6 is 34.8 Å². The van der Waals surface area contributed by atoms with Crippen LogP contribution in [0.3, 0.4) is 0 Å². The highest BCUT2D eigenvalue weighted by molar-refractivity contribution is 6.35. The van der Waals surface area contributed by atoms with E-state index in [4.69, 9.17) is 49.4 Å². The first-order valence-electron chi connectivity index (χ1n) is 9.86. The first kappa shape index (κ1) is 21.1. The van der Waals surface area contributed by atoms with E-state index in [1.54, 1.807) is 35.1 Å². The molecule has 1 aliphatic heterocycles. The molecule has 162 valence electrons. The summed E-state index contributed by atoms with van der Waals surface area (Å²) in [5.74, 6) is 1.72. The van der Waals surface area contributed by atoms with Crippen molar-refractivity contribution in [1.29, 1.82) is 0 Å². The second-order valence-corrected chi connectivity index (χ2v) is 8.58. The number of fused-ring (bicyclic) bond motifs is 1. The highest BCUT2D eigenvalue weighted by atomic mass is 35.5. The van der Waals surface area contributed by atoms with Gasteiger partial charge in [-0.05, 0) is 54.4 Å². The van der Waals surface area contributed by atoms with Crippen molar-refractivity contribution in [2.75, 3.05) is 6.61 Å². The maximum atomic E-state index is 6.35. The second kappa shape index (κ2) is 9.00. The van der Waals surface area contributed by atoms with Crippen LogP contribution in [0.1, 0.15) is 11.1 Å². The molecular weight excluding hydrogens is 471 g/mol. The van der Waals surface area contributed by atoms with Crippen LogP contribution in [-0.2, 0) is 11.3 Å². The molecule has 0 saturated heterocycles. The molecule has 0 saturated carbocycles. The molecule has 32 heavy (non-hydrogen) atoms. The number of aliphatic imine (C=N–C) groups is 1. The van der Waals surface area contributed by atoms with Gasteiger partial charge in [0.1, 0.15) is 5.75 Å². The van der Waals surface area contributed by atoms with Crippen LogP contribution in [-0.4, -0.2) is 28.1 Å². The number of nitrogens with one attached hydrogen (secondary N) is 1. The summed E-state index contributed by atoms with van der Waals surface area (Å²) in [4.78, 5) is 10.5. The largest absolute Gasteiger partial charge is 0.455 e. The number of halogens is 3. The summed E-state index contributed by atoms with van der Waals surface area (Å²) in [6.45, 7) is 0.405. The van der Waals surface area contributed by atoms with Crippen LogP contribution in [0, 0.1) is 0 Å². The SMILES string of the molecule is Clc1cccc(Oc2cn3nccc3cc2C2=NC(Cc3ccc(Cl)cc3Cl)CON2)c1. The lowest BCUT2D eigenvalue weighted by Gasteiger charge is -2.23.